The van der Waals surface area contributed by atoms with E-state index in [2.05, 4.69) is 15.5 Å². The highest BCUT2D eigenvalue weighted by molar-refractivity contribution is 5.92. The lowest BCUT2D eigenvalue weighted by atomic mass is 10.1. The van der Waals surface area contributed by atoms with E-state index in [0.717, 1.165) is 17.8 Å². The Morgan fingerprint density at radius 3 is 2.74 bits per heavy atom. The van der Waals surface area contributed by atoms with Crippen molar-refractivity contribution in [2.45, 2.75) is 33.4 Å². The van der Waals surface area contributed by atoms with Crippen LogP contribution in [0, 0.1) is 6.92 Å². The number of carbonyl (C=O) groups is 1. The molecule has 0 saturated carbocycles. The Labute approximate surface area is 112 Å². The minimum atomic E-state index is -0.170. The fourth-order valence-corrected chi connectivity index (χ4v) is 2.00. The van der Waals surface area contributed by atoms with Crippen LogP contribution in [0.25, 0.3) is 0 Å². The average Bonchev–Trinajstić information content (AvgIpc) is 2.95. The molecule has 1 atom stereocenters. The van der Waals surface area contributed by atoms with Crippen LogP contribution in [0.5, 0.6) is 0 Å². The predicted molar refractivity (Wildman–Crippen MR) is 71.7 cm³/mol. The van der Waals surface area contributed by atoms with Gasteiger partial charge in [0.05, 0.1) is 11.7 Å². The third kappa shape index (κ3) is 2.83. The maximum Gasteiger partial charge on any atom is 0.272 e. The Morgan fingerprint density at radius 2 is 2.21 bits per heavy atom. The Hall–Kier alpha value is -2.11. The van der Waals surface area contributed by atoms with E-state index >= 15 is 0 Å². The van der Waals surface area contributed by atoms with Crippen LogP contribution in [0.3, 0.4) is 0 Å². The summed E-state index contributed by atoms with van der Waals surface area (Å²) in [6.07, 6.45) is 3.72. The molecule has 6 heteroatoms. The van der Waals surface area contributed by atoms with Crippen LogP contribution in [0.1, 0.15) is 41.6 Å². The van der Waals surface area contributed by atoms with E-state index in [1.807, 2.05) is 31.6 Å². The summed E-state index contributed by atoms with van der Waals surface area (Å²) in [5, 5.41) is 11.4. The fraction of sp³-hybridized carbons (Fsp3) is 0.462. The van der Waals surface area contributed by atoms with Gasteiger partial charge in [0.2, 0.25) is 0 Å². The Kier molecular flexibility index (Phi) is 3.69. The van der Waals surface area contributed by atoms with Crippen LogP contribution < -0.4 is 5.32 Å². The number of hydrogen-bond donors (Lipinski definition) is 1. The molecule has 0 aliphatic rings. The molecule has 0 fully saturated rings. The van der Waals surface area contributed by atoms with E-state index in [1.165, 1.54) is 0 Å². The van der Waals surface area contributed by atoms with Crippen LogP contribution in [0.4, 0.5) is 0 Å². The number of hydrogen-bond acceptors (Lipinski definition) is 3. The molecule has 102 valence electrons. The molecule has 0 saturated heterocycles. The van der Waals surface area contributed by atoms with Gasteiger partial charge in [0.25, 0.3) is 5.91 Å². The van der Waals surface area contributed by atoms with Crippen molar-refractivity contribution < 1.29 is 4.79 Å². The summed E-state index contributed by atoms with van der Waals surface area (Å²) in [4.78, 5) is 12.0. The summed E-state index contributed by atoms with van der Waals surface area (Å²) >= 11 is 0. The Morgan fingerprint density at radius 1 is 1.47 bits per heavy atom. The molecule has 0 spiro atoms. The largest absolute Gasteiger partial charge is 0.344 e. The van der Waals surface area contributed by atoms with Crippen LogP contribution >= 0.6 is 0 Å². The molecule has 2 rings (SSSR count). The minimum Gasteiger partial charge on any atom is -0.344 e. The molecule has 19 heavy (non-hydrogen) atoms. The number of amides is 1. The highest BCUT2D eigenvalue weighted by atomic mass is 16.2. The summed E-state index contributed by atoms with van der Waals surface area (Å²) in [7, 11) is 1.79. The average molecular weight is 261 g/mol. The molecular formula is C13H19N5O. The second-order valence-corrected chi connectivity index (χ2v) is 4.60. The second kappa shape index (κ2) is 5.26. The van der Waals surface area contributed by atoms with Gasteiger partial charge >= 0.3 is 0 Å². The molecule has 6 nitrogen and oxygen atoms in total. The maximum atomic E-state index is 12.0. The first-order valence-corrected chi connectivity index (χ1v) is 6.35. The molecular weight excluding hydrogens is 242 g/mol. The van der Waals surface area contributed by atoms with Crippen LogP contribution in [-0.4, -0.2) is 25.5 Å². The van der Waals surface area contributed by atoms with Crippen molar-refractivity contribution in [2.75, 3.05) is 0 Å². The lowest BCUT2D eigenvalue weighted by Crippen LogP contribution is -2.27. The minimum absolute atomic E-state index is 0.0881. The molecule has 2 aromatic rings. The zero-order valence-electron chi connectivity index (χ0n) is 11.7. The molecule has 0 aromatic carbocycles. The molecule has 1 N–H and O–H groups in total. The Bertz CT molecular complexity index is 584. The lowest BCUT2D eigenvalue weighted by Gasteiger charge is -2.11. The number of nitrogens with one attached hydrogen (secondary N) is 1. The summed E-state index contributed by atoms with van der Waals surface area (Å²) in [5.41, 5.74) is 2.40. The first kappa shape index (κ1) is 13.3. The monoisotopic (exact) mass is 261 g/mol. The first-order chi connectivity index (χ1) is 9.01. The van der Waals surface area contributed by atoms with Gasteiger partial charge in [-0.1, -0.05) is 0 Å². The van der Waals surface area contributed by atoms with E-state index < -0.39 is 0 Å². The van der Waals surface area contributed by atoms with E-state index in [-0.39, 0.29) is 11.9 Å². The normalized spacial score (nSPS) is 12.4. The van der Waals surface area contributed by atoms with Gasteiger partial charge in [-0.15, -0.1) is 0 Å². The highest BCUT2D eigenvalue weighted by Gasteiger charge is 2.16. The standard InChI is InChI=1S/C13H19N5O/c1-5-18-8-11(10(3)15-18)9(2)14-13(19)12-6-7-17(4)16-12/h6-9H,5H2,1-4H3,(H,14,19). The first-order valence-electron chi connectivity index (χ1n) is 6.35. The van der Waals surface area contributed by atoms with Crippen molar-refractivity contribution in [1.29, 1.82) is 0 Å². The smallest absolute Gasteiger partial charge is 0.272 e. The number of rotatable bonds is 4. The summed E-state index contributed by atoms with van der Waals surface area (Å²) in [6, 6.07) is 1.61. The van der Waals surface area contributed by atoms with Gasteiger partial charge < -0.3 is 5.32 Å². The van der Waals surface area contributed by atoms with Crippen molar-refractivity contribution in [3.63, 3.8) is 0 Å². The number of aromatic nitrogens is 4. The predicted octanol–water partition coefficient (Wildman–Crippen LogP) is 1.44. The van der Waals surface area contributed by atoms with E-state index in [4.69, 9.17) is 0 Å². The lowest BCUT2D eigenvalue weighted by molar-refractivity contribution is 0.0934. The molecule has 0 aliphatic heterocycles. The van der Waals surface area contributed by atoms with Crippen molar-refractivity contribution in [2.24, 2.45) is 7.05 Å². The maximum absolute atomic E-state index is 12.0. The number of aryl methyl sites for hydroxylation is 3. The van der Waals surface area contributed by atoms with Gasteiger partial charge in [-0.05, 0) is 26.8 Å². The van der Waals surface area contributed by atoms with Gasteiger partial charge in [0.1, 0.15) is 5.69 Å². The van der Waals surface area contributed by atoms with Crippen LogP contribution in [0.2, 0.25) is 0 Å². The van der Waals surface area contributed by atoms with Gasteiger partial charge in [0, 0.05) is 31.5 Å². The van der Waals surface area contributed by atoms with Crippen LogP contribution in [0.15, 0.2) is 18.5 Å². The van der Waals surface area contributed by atoms with Crippen molar-refractivity contribution in [1.82, 2.24) is 24.9 Å². The molecule has 0 bridgehead atoms. The van der Waals surface area contributed by atoms with Gasteiger partial charge in [-0.2, -0.15) is 10.2 Å². The summed E-state index contributed by atoms with van der Waals surface area (Å²) in [6.45, 7) is 6.75. The fourth-order valence-electron chi connectivity index (χ4n) is 2.00. The van der Waals surface area contributed by atoms with Crippen molar-refractivity contribution in [3.05, 3.63) is 35.4 Å². The molecule has 2 aromatic heterocycles. The number of carbonyl (C=O) groups excluding carboxylic acids is 1. The van der Waals surface area contributed by atoms with Gasteiger partial charge in [-0.25, -0.2) is 0 Å². The van der Waals surface area contributed by atoms with Crippen molar-refractivity contribution >= 4 is 5.91 Å². The highest BCUT2D eigenvalue weighted by Crippen LogP contribution is 2.16. The van der Waals surface area contributed by atoms with Crippen LogP contribution in [-0.2, 0) is 13.6 Å². The third-order valence-corrected chi connectivity index (χ3v) is 3.07. The van der Waals surface area contributed by atoms with E-state index in [9.17, 15) is 4.79 Å². The summed E-state index contributed by atoms with van der Waals surface area (Å²) in [5.74, 6) is -0.170. The van der Waals surface area contributed by atoms with E-state index in [0.29, 0.717) is 5.69 Å². The van der Waals surface area contributed by atoms with E-state index in [1.54, 1.807) is 24.0 Å². The molecule has 1 unspecified atom stereocenters. The zero-order valence-corrected chi connectivity index (χ0v) is 11.7. The van der Waals surface area contributed by atoms with Crippen molar-refractivity contribution in [3.8, 4) is 0 Å². The second-order valence-electron chi connectivity index (χ2n) is 4.60. The third-order valence-electron chi connectivity index (χ3n) is 3.07. The van der Waals surface area contributed by atoms with Gasteiger partial charge in [-0.3, -0.25) is 14.2 Å². The SMILES string of the molecule is CCn1cc(C(C)NC(=O)c2ccn(C)n2)c(C)n1. The Balaban J connectivity index is 2.10. The molecule has 2 heterocycles. The topological polar surface area (TPSA) is 64.7 Å². The molecule has 1 amide bonds. The molecule has 0 radical (unpaired) electrons. The number of nitrogens with zero attached hydrogens (tertiary/aromatic N) is 4. The molecule has 0 aliphatic carbocycles. The zero-order chi connectivity index (χ0) is 14.0. The quantitative estimate of drug-likeness (QED) is 0.905. The summed E-state index contributed by atoms with van der Waals surface area (Å²) < 4.78 is 3.48. The van der Waals surface area contributed by atoms with Gasteiger partial charge in [0.15, 0.2) is 0 Å².